The molecule has 0 saturated heterocycles. The van der Waals surface area contributed by atoms with Crippen molar-refractivity contribution in [3.8, 4) is 39.9 Å². The van der Waals surface area contributed by atoms with Gasteiger partial charge in [0.05, 0.1) is 16.6 Å². The topological polar surface area (TPSA) is 83.0 Å². The average Bonchev–Trinajstić information content (AvgIpc) is 4.05. The van der Waals surface area contributed by atoms with Crippen LogP contribution in [-0.2, 0) is 0 Å². The van der Waals surface area contributed by atoms with Crippen molar-refractivity contribution in [2.75, 3.05) is 0 Å². The molecule has 13 aromatic rings. The van der Waals surface area contributed by atoms with Gasteiger partial charge in [0.15, 0.2) is 28.6 Å². The summed E-state index contributed by atoms with van der Waals surface area (Å²) in [7, 11) is 0. The molecule has 0 radical (unpaired) electrons. The van der Waals surface area contributed by atoms with Crippen LogP contribution in [0.15, 0.2) is 183 Å². The largest absolute Gasteiger partial charge is 0.455 e. The number of fused-ring (bicyclic) bond motifs is 13. The van der Waals surface area contributed by atoms with Crippen molar-refractivity contribution < 1.29 is 13.3 Å². The molecule has 0 aliphatic heterocycles. The summed E-state index contributed by atoms with van der Waals surface area (Å²) in [6, 6.07) is 58.1. The third kappa shape index (κ3) is 4.46. The second-order valence-electron chi connectivity index (χ2n) is 14.7. The van der Waals surface area contributed by atoms with E-state index in [0.717, 1.165) is 88.1 Å². The van der Waals surface area contributed by atoms with Crippen LogP contribution >= 0.6 is 0 Å². The standard InChI is InChI=1S/C51H28N4O3/c1-2-11-29(12-3-1)49-52-50(54-51(53-49)40-17-10-16-37-34-15-6-9-20-43(34)56-46(37)40)30-21-23-35-38-25-26-39-36-24-22-31(28-45(36)58-48(39)47(38)57-44(35)27-30)55-41-18-7-4-13-32(41)33-14-5-8-19-42(33)55/h1-28H. The Morgan fingerprint density at radius 3 is 1.59 bits per heavy atom. The van der Waals surface area contributed by atoms with Gasteiger partial charge in [0.1, 0.15) is 22.3 Å². The first-order valence-corrected chi connectivity index (χ1v) is 19.3. The van der Waals surface area contributed by atoms with Crippen LogP contribution in [0.2, 0.25) is 0 Å². The summed E-state index contributed by atoms with van der Waals surface area (Å²) in [6.07, 6.45) is 0. The molecule has 8 aromatic carbocycles. The van der Waals surface area contributed by atoms with Gasteiger partial charge in [-0.2, -0.15) is 0 Å². The Kier molecular flexibility index (Phi) is 6.32. The summed E-state index contributed by atoms with van der Waals surface area (Å²) in [6.45, 7) is 0. The number of furan rings is 3. The molecule has 5 aromatic heterocycles. The lowest BCUT2D eigenvalue weighted by molar-refractivity contribution is 0.633. The highest BCUT2D eigenvalue weighted by atomic mass is 16.4. The zero-order valence-electron chi connectivity index (χ0n) is 30.7. The summed E-state index contributed by atoms with van der Waals surface area (Å²) in [5.41, 5.74) is 10.3. The van der Waals surface area contributed by atoms with Crippen molar-refractivity contribution in [3.63, 3.8) is 0 Å². The van der Waals surface area contributed by atoms with Gasteiger partial charge in [-0.1, -0.05) is 103 Å². The van der Waals surface area contributed by atoms with Crippen LogP contribution in [0.25, 0.3) is 127 Å². The first-order valence-electron chi connectivity index (χ1n) is 19.3. The Morgan fingerprint density at radius 2 is 0.845 bits per heavy atom. The quantitative estimate of drug-likeness (QED) is 0.178. The summed E-state index contributed by atoms with van der Waals surface area (Å²) >= 11 is 0. The van der Waals surface area contributed by atoms with Crippen LogP contribution in [0.3, 0.4) is 0 Å². The van der Waals surface area contributed by atoms with Crippen molar-refractivity contribution in [2.45, 2.75) is 0 Å². The minimum atomic E-state index is 0.530. The van der Waals surface area contributed by atoms with Gasteiger partial charge in [0, 0.05) is 66.0 Å². The Labute approximate surface area is 329 Å². The van der Waals surface area contributed by atoms with E-state index in [4.69, 9.17) is 28.2 Å². The molecule has 0 bridgehead atoms. The second-order valence-corrected chi connectivity index (χ2v) is 14.7. The lowest BCUT2D eigenvalue weighted by Gasteiger charge is -2.08. The molecule has 5 heterocycles. The first kappa shape index (κ1) is 31.2. The van der Waals surface area contributed by atoms with Crippen molar-refractivity contribution in [1.82, 2.24) is 19.5 Å². The molecular formula is C51H28N4O3. The maximum Gasteiger partial charge on any atom is 0.178 e. The van der Waals surface area contributed by atoms with E-state index in [1.165, 1.54) is 10.8 Å². The Morgan fingerprint density at radius 1 is 0.328 bits per heavy atom. The SMILES string of the molecule is c1ccc(-c2nc(-c3ccc4c(c3)oc3c4ccc4c5ccc(-n6c7ccccc7c7ccccc76)cc5oc43)nc(-c3cccc4c3oc3ccccc34)n2)cc1. The molecule has 0 unspecified atom stereocenters. The zero-order valence-corrected chi connectivity index (χ0v) is 30.7. The number of nitrogens with zero attached hydrogens (tertiary/aromatic N) is 4. The van der Waals surface area contributed by atoms with Gasteiger partial charge < -0.3 is 17.8 Å². The Balaban J connectivity index is 0.968. The number of hydrogen-bond donors (Lipinski definition) is 0. The number of benzene rings is 8. The van der Waals surface area contributed by atoms with Gasteiger partial charge in [0.2, 0.25) is 0 Å². The summed E-state index contributed by atoms with van der Waals surface area (Å²) in [4.78, 5) is 15.1. The van der Waals surface area contributed by atoms with E-state index >= 15 is 0 Å². The monoisotopic (exact) mass is 744 g/mol. The third-order valence-corrected chi connectivity index (χ3v) is 11.5. The first-order chi connectivity index (χ1) is 28.7. The fraction of sp³-hybridized carbons (Fsp3) is 0. The maximum atomic E-state index is 6.71. The summed E-state index contributed by atoms with van der Waals surface area (Å²) in [5, 5.41) is 8.51. The molecule has 0 aliphatic carbocycles. The molecule has 13 rings (SSSR count). The Bertz CT molecular complexity index is 3760. The van der Waals surface area contributed by atoms with Crippen molar-refractivity contribution in [1.29, 1.82) is 0 Å². The molecule has 0 saturated carbocycles. The summed E-state index contributed by atoms with van der Waals surface area (Å²) < 4.78 is 22.1. The van der Waals surface area contributed by atoms with E-state index < -0.39 is 0 Å². The molecule has 0 fully saturated rings. The fourth-order valence-corrected chi connectivity index (χ4v) is 8.80. The van der Waals surface area contributed by atoms with Crippen molar-refractivity contribution in [2.24, 2.45) is 0 Å². The lowest BCUT2D eigenvalue weighted by atomic mass is 10.1. The molecule has 58 heavy (non-hydrogen) atoms. The highest BCUT2D eigenvalue weighted by Gasteiger charge is 2.21. The normalized spacial score (nSPS) is 12.1. The maximum absolute atomic E-state index is 6.71. The van der Waals surface area contributed by atoms with E-state index in [1.54, 1.807) is 0 Å². The molecule has 0 spiro atoms. The lowest BCUT2D eigenvalue weighted by Crippen LogP contribution is -2.00. The molecule has 0 atom stereocenters. The van der Waals surface area contributed by atoms with Crippen molar-refractivity contribution in [3.05, 3.63) is 170 Å². The number of hydrogen-bond acceptors (Lipinski definition) is 6. The Hall–Kier alpha value is -8.03. The van der Waals surface area contributed by atoms with Crippen LogP contribution in [0.4, 0.5) is 0 Å². The van der Waals surface area contributed by atoms with Crippen LogP contribution in [-0.4, -0.2) is 19.5 Å². The minimum absolute atomic E-state index is 0.530. The summed E-state index contributed by atoms with van der Waals surface area (Å²) in [5.74, 6) is 1.64. The molecule has 7 heteroatoms. The van der Waals surface area contributed by atoms with Gasteiger partial charge in [-0.25, -0.2) is 15.0 Å². The van der Waals surface area contributed by atoms with Crippen LogP contribution < -0.4 is 0 Å². The molecular weight excluding hydrogens is 717 g/mol. The van der Waals surface area contributed by atoms with Crippen LogP contribution in [0.1, 0.15) is 0 Å². The van der Waals surface area contributed by atoms with Crippen LogP contribution in [0, 0.1) is 0 Å². The van der Waals surface area contributed by atoms with Gasteiger partial charge >= 0.3 is 0 Å². The molecule has 0 amide bonds. The molecule has 7 nitrogen and oxygen atoms in total. The van der Waals surface area contributed by atoms with E-state index in [1.807, 2.05) is 72.8 Å². The second kappa shape index (κ2) is 11.7. The third-order valence-electron chi connectivity index (χ3n) is 11.5. The minimum Gasteiger partial charge on any atom is -0.455 e. The number of aromatic nitrogens is 4. The highest BCUT2D eigenvalue weighted by molar-refractivity contribution is 6.19. The smallest absolute Gasteiger partial charge is 0.178 e. The zero-order chi connectivity index (χ0) is 37.9. The number of para-hydroxylation sites is 4. The average molecular weight is 745 g/mol. The molecule has 270 valence electrons. The van der Waals surface area contributed by atoms with Gasteiger partial charge in [-0.15, -0.1) is 0 Å². The van der Waals surface area contributed by atoms with E-state index in [0.29, 0.717) is 28.6 Å². The highest BCUT2D eigenvalue weighted by Crippen LogP contribution is 2.42. The molecule has 0 N–H and O–H groups in total. The van der Waals surface area contributed by atoms with E-state index in [2.05, 4.69) is 102 Å². The van der Waals surface area contributed by atoms with Gasteiger partial charge in [0.25, 0.3) is 0 Å². The molecule has 0 aliphatic rings. The fourth-order valence-electron chi connectivity index (χ4n) is 8.80. The van der Waals surface area contributed by atoms with Gasteiger partial charge in [-0.3, -0.25) is 0 Å². The predicted molar refractivity (Wildman–Crippen MR) is 232 cm³/mol. The van der Waals surface area contributed by atoms with Crippen molar-refractivity contribution >= 4 is 87.6 Å². The predicted octanol–water partition coefficient (Wildman–Crippen LogP) is 13.7. The van der Waals surface area contributed by atoms with Crippen LogP contribution in [0.5, 0.6) is 0 Å². The van der Waals surface area contributed by atoms with E-state index in [-0.39, 0.29) is 0 Å². The van der Waals surface area contributed by atoms with E-state index in [9.17, 15) is 0 Å². The number of rotatable bonds is 4. The van der Waals surface area contributed by atoms with Gasteiger partial charge in [-0.05, 0) is 60.7 Å².